The molecule has 1 N–H and O–H groups in total. The number of nitrogens with zero attached hydrogens (tertiary/aromatic N) is 2. The number of rotatable bonds is 8. The van der Waals surface area contributed by atoms with Crippen molar-refractivity contribution in [1.82, 2.24) is 9.47 Å². The first kappa shape index (κ1) is 22.3. The summed E-state index contributed by atoms with van der Waals surface area (Å²) in [4.78, 5) is 2.29. The summed E-state index contributed by atoms with van der Waals surface area (Å²) in [7, 11) is 0. The summed E-state index contributed by atoms with van der Waals surface area (Å²) in [6.07, 6.45) is -0.447. The number of aryl methyl sites for hydroxylation is 2. The van der Waals surface area contributed by atoms with E-state index < -0.39 is 6.10 Å². The number of hydrogen-bond donors (Lipinski definition) is 1. The summed E-state index contributed by atoms with van der Waals surface area (Å²) in [5.74, 6) is 0. The SMILES string of the molecule is CCN(CC)CC(O)Cn1c(-c2ccccc2)c(-c2ccccc2)c2cc(C)cc(C)c21. The molecule has 3 aromatic carbocycles. The van der Waals surface area contributed by atoms with Crippen molar-refractivity contribution < 1.29 is 5.11 Å². The average molecular weight is 427 g/mol. The summed E-state index contributed by atoms with van der Waals surface area (Å²) >= 11 is 0. The zero-order valence-electron chi connectivity index (χ0n) is 19.7. The number of likely N-dealkylation sites (N-methyl/N-ethyl adjacent to an activating group) is 1. The van der Waals surface area contributed by atoms with Gasteiger partial charge in [0, 0.05) is 17.5 Å². The molecule has 3 nitrogen and oxygen atoms in total. The van der Waals surface area contributed by atoms with Gasteiger partial charge in [-0.05, 0) is 49.7 Å². The molecule has 0 aliphatic carbocycles. The lowest BCUT2D eigenvalue weighted by atomic mass is 9.97. The Labute approximate surface area is 191 Å². The number of fused-ring (bicyclic) bond motifs is 1. The molecular formula is C29H34N2O. The van der Waals surface area contributed by atoms with Gasteiger partial charge in [0.1, 0.15) is 0 Å². The third kappa shape index (κ3) is 4.36. The maximum Gasteiger partial charge on any atom is 0.0845 e. The van der Waals surface area contributed by atoms with Crippen LogP contribution >= 0.6 is 0 Å². The minimum atomic E-state index is -0.447. The van der Waals surface area contributed by atoms with E-state index in [0.717, 1.165) is 13.1 Å². The normalized spacial score (nSPS) is 12.6. The lowest BCUT2D eigenvalue weighted by Gasteiger charge is -2.24. The van der Waals surface area contributed by atoms with Gasteiger partial charge in [-0.15, -0.1) is 0 Å². The molecule has 4 aromatic rings. The molecule has 0 aliphatic heterocycles. The van der Waals surface area contributed by atoms with Gasteiger partial charge in [-0.3, -0.25) is 0 Å². The standard InChI is InChI=1S/C29H34N2O/c1-5-30(6-2)19-25(32)20-31-28-22(4)17-21(3)18-26(28)27(23-13-9-7-10-14-23)29(31)24-15-11-8-12-16-24/h7-18,25,32H,5-6,19-20H2,1-4H3. The van der Waals surface area contributed by atoms with Crippen LogP contribution in [0.15, 0.2) is 72.8 Å². The molecule has 1 aromatic heterocycles. The lowest BCUT2D eigenvalue weighted by Crippen LogP contribution is -2.34. The second-order valence-corrected chi connectivity index (χ2v) is 8.68. The van der Waals surface area contributed by atoms with E-state index in [1.165, 1.54) is 44.4 Å². The smallest absolute Gasteiger partial charge is 0.0845 e. The van der Waals surface area contributed by atoms with Crippen LogP contribution in [0.1, 0.15) is 25.0 Å². The summed E-state index contributed by atoms with van der Waals surface area (Å²) in [6.45, 7) is 11.8. The Morgan fingerprint density at radius 3 is 2.03 bits per heavy atom. The van der Waals surface area contributed by atoms with Crippen LogP contribution in [0.3, 0.4) is 0 Å². The van der Waals surface area contributed by atoms with Crippen LogP contribution in [0.2, 0.25) is 0 Å². The van der Waals surface area contributed by atoms with E-state index in [2.05, 4.69) is 110 Å². The molecule has 3 heteroatoms. The Hall–Kier alpha value is -2.88. The molecule has 4 rings (SSSR count). The fraction of sp³-hybridized carbons (Fsp3) is 0.310. The van der Waals surface area contributed by atoms with Crippen molar-refractivity contribution in [3.8, 4) is 22.4 Å². The Morgan fingerprint density at radius 2 is 1.44 bits per heavy atom. The molecule has 0 radical (unpaired) electrons. The zero-order chi connectivity index (χ0) is 22.7. The molecule has 1 atom stereocenters. The van der Waals surface area contributed by atoms with Crippen LogP contribution in [-0.2, 0) is 6.54 Å². The fourth-order valence-corrected chi connectivity index (χ4v) is 4.91. The van der Waals surface area contributed by atoms with E-state index in [9.17, 15) is 5.11 Å². The third-order valence-corrected chi connectivity index (χ3v) is 6.36. The maximum atomic E-state index is 11.1. The predicted molar refractivity (Wildman–Crippen MR) is 136 cm³/mol. The van der Waals surface area contributed by atoms with Crippen LogP contribution < -0.4 is 0 Å². The Morgan fingerprint density at radius 1 is 0.844 bits per heavy atom. The first-order valence-electron chi connectivity index (χ1n) is 11.7. The molecule has 1 unspecified atom stereocenters. The summed E-state index contributed by atoms with van der Waals surface area (Å²) in [5.41, 5.74) is 8.52. The summed E-state index contributed by atoms with van der Waals surface area (Å²) < 4.78 is 2.36. The highest BCUT2D eigenvalue weighted by Gasteiger charge is 2.23. The number of aromatic nitrogens is 1. The van der Waals surface area contributed by atoms with Crippen molar-refractivity contribution in [3.63, 3.8) is 0 Å². The van der Waals surface area contributed by atoms with Gasteiger partial charge in [-0.25, -0.2) is 0 Å². The second kappa shape index (κ2) is 9.72. The van der Waals surface area contributed by atoms with E-state index in [-0.39, 0.29) is 0 Å². The van der Waals surface area contributed by atoms with E-state index in [1.54, 1.807) is 0 Å². The molecule has 166 valence electrons. The lowest BCUT2D eigenvalue weighted by molar-refractivity contribution is 0.104. The highest BCUT2D eigenvalue weighted by atomic mass is 16.3. The first-order chi connectivity index (χ1) is 15.5. The molecule has 0 amide bonds. The van der Waals surface area contributed by atoms with Crippen LogP contribution in [0.25, 0.3) is 33.3 Å². The third-order valence-electron chi connectivity index (χ3n) is 6.36. The molecule has 0 aliphatic rings. The van der Waals surface area contributed by atoms with E-state index >= 15 is 0 Å². The highest BCUT2D eigenvalue weighted by Crippen LogP contribution is 2.42. The van der Waals surface area contributed by atoms with Crippen LogP contribution in [0.4, 0.5) is 0 Å². The minimum Gasteiger partial charge on any atom is -0.390 e. The van der Waals surface area contributed by atoms with E-state index in [0.29, 0.717) is 13.1 Å². The maximum absolute atomic E-state index is 11.1. The number of hydrogen-bond acceptors (Lipinski definition) is 2. The number of aliphatic hydroxyl groups is 1. The van der Waals surface area contributed by atoms with Gasteiger partial charge >= 0.3 is 0 Å². The number of benzene rings is 3. The van der Waals surface area contributed by atoms with Crippen LogP contribution in [0, 0.1) is 13.8 Å². The molecule has 32 heavy (non-hydrogen) atoms. The molecule has 0 bridgehead atoms. The molecular weight excluding hydrogens is 392 g/mol. The van der Waals surface area contributed by atoms with Gasteiger partial charge in [0.15, 0.2) is 0 Å². The molecule has 1 heterocycles. The number of aliphatic hydroxyl groups excluding tert-OH is 1. The Balaban J connectivity index is 1.99. The Bertz CT molecular complexity index is 1170. The first-order valence-corrected chi connectivity index (χ1v) is 11.7. The van der Waals surface area contributed by atoms with Crippen LogP contribution in [0.5, 0.6) is 0 Å². The topological polar surface area (TPSA) is 28.4 Å². The van der Waals surface area contributed by atoms with Crippen molar-refractivity contribution in [2.45, 2.75) is 40.3 Å². The average Bonchev–Trinajstić information content (AvgIpc) is 3.12. The molecule has 0 fully saturated rings. The van der Waals surface area contributed by atoms with E-state index in [1.807, 2.05) is 0 Å². The van der Waals surface area contributed by atoms with Gasteiger partial charge in [0.05, 0.1) is 23.9 Å². The highest BCUT2D eigenvalue weighted by molar-refractivity contribution is 6.06. The zero-order valence-corrected chi connectivity index (χ0v) is 19.7. The fourth-order valence-electron chi connectivity index (χ4n) is 4.91. The summed E-state index contributed by atoms with van der Waals surface area (Å²) in [5, 5.41) is 12.4. The second-order valence-electron chi connectivity index (χ2n) is 8.68. The summed E-state index contributed by atoms with van der Waals surface area (Å²) in [6, 6.07) is 25.8. The van der Waals surface area contributed by atoms with Crippen molar-refractivity contribution in [2.24, 2.45) is 0 Å². The monoisotopic (exact) mass is 426 g/mol. The largest absolute Gasteiger partial charge is 0.390 e. The van der Waals surface area contributed by atoms with Gasteiger partial charge in [-0.1, -0.05) is 86.1 Å². The van der Waals surface area contributed by atoms with Gasteiger partial charge in [-0.2, -0.15) is 0 Å². The van der Waals surface area contributed by atoms with E-state index in [4.69, 9.17) is 0 Å². The minimum absolute atomic E-state index is 0.447. The van der Waals surface area contributed by atoms with Crippen molar-refractivity contribution in [2.75, 3.05) is 19.6 Å². The molecule has 0 saturated carbocycles. The van der Waals surface area contributed by atoms with Crippen molar-refractivity contribution >= 4 is 10.9 Å². The van der Waals surface area contributed by atoms with Gasteiger partial charge < -0.3 is 14.6 Å². The molecule has 0 saturated heterocycles. The Kier molecular flexibility index (Phi) is 6.78. The molecule has 0 spiro atoms. The van der Waals surface area contributed by atoms with Gasteiger partial charge in [0.25, 0.3) is 0 Å². The van der Waals surface area contributed by atoms with Gasteiger partial charge in [0.2, 0.25) is 0 Å². The predicted octanol–water partition coefficient (Wildman–Crippen LogP) is 6.29. The van der Waals surface area contributed by atoms with Crippen molar-refractivity contribution in [3.05, 3.63) is 83.9 Å². The van der Waals surface area contributed by atoms with Crippen LogP contribution in [-0.4, -0.2) is 40.3 Å². The van der Waals surface area contributed by atoms with Crippen molar-refractivity contribution in [1.29, 1.82) is 0 Å². The quantitative estimate of drug-likeness (QED) is 0.358.